The molecule has 3 nitrogen and oxygen atoms in total. The van der Waals surface area contributed by atoms with E-state index in [0.717, 1.165) is 36.4 Å². The summed E-state index contributed by atoms with van der Waals surface area (Å²) in [6, 6.07) is 0.615. The van der Waals surface area contributed by atoms with Crippen molar-refractivity contribution in [3.63, 3.8) is 0 Å². The Labute approximate surface area is 124 Å². The highest BCUT2D eigenvalue weighted by molar-refractivity contribution is 9.10. The van der Waals surface area contributed by atoms with Crippen LogP contribution in [0.15, 0.2) is 4.47 Å². The fourth-order valence-corrected chi connectivity index (χ4v) is 4.37. The molecule has 106 valence electrons. The summed E-state index contributed by atoms with van der Waals surface area (Å²) in [6.07, 6.45) is 5.48. The summed E-state index contributed by atoms with van der Waals surface area (Å²) >= 11 is 3.70. The summed E-state index contributed by atoms with van der Waals surface area (Å²) < 4.78 is 3.24. The lowest BCUT2D eigenvalue weighted by Crippen LogP contribution is -2.38. The number of rotatable bonds is 5. The molecule has 0 amide bonds. The van der Waals surface area contributed by atoms with Crippen molar-refractivity contribution in [3.8, 4) is 0 Å². The van der Waals surface area contributed by atoms with Crippen LogP contribution in [-0.4, -0.2) is 22.4 Å². The summed E-state index contributed by atoms with van der Waals surface area (Å²) in [5.41, 5.74) is 2.44. The standard InChI is InChI=1S/C15H24BrN3/c1-4-17-13(12-6-10-5-11(10)7-12)8-14-15(16)9(2)18-19(14)3/h10-13,17H,4-8H2,1-3H3. The molecule has 2 fully saturated rings. The summed E-state index contributed by atoms with van der Waals surface area (Å²) in [6.45, 7) is 5.35. The van der Waals surface area contributed by atoms with Crippen LogP contribution in [-0.2, 0) is 13.5 Å². The maximum atomic E-state index is 4.52. The van der Waals surface area contributed by atoms with Crippen LogP contribution in [0.5, 0.6) is 0 Å². The summed E-state index contributed by atoms with van der Waals surface area (Å²) in [5, 5.41) is 8.23. The Morgan fingerprint density at radius 3 is 2.58 bits per heavy atom. The van der Waals surface area contributed by atoms with Crippen molar-refractivity contribution < 1.29 is 0 Å². The van der Waals surface area contributed by atoms with E-state index in [0.29, 0.717) is 6.04 Å². The highest BCUT2D eigenvalue weighted by atomic mass is 79.9. The quantitative estimate of drug-likeness (QED) is 0.901. The van der Waals surface area contributed by atoms with Crippen LogP contribution >= 0.6 is 15.9 Å². The Hall–Kier alpha value is -0.350. The van der Waals surface area contributed by atoms with Crippen LogP contribution in [0.25, 0.3) is 0 Å². The molecule has 0 bridgehead atoms. The van der Waals surface area contributed by atoms with E-state index in [1.165, 1.54) is 29.4 Å². The molecule has 3 atom stereocenters. The van der Waals surface area contributed by atoms with Gasteiger partial charge in [-0.25, -0.2) is 0 Å². The zero-order chi connectivity index (χ0) is 13.6. The molecule has 2 aliphatic carbocycles. The number of aromatic nitrogens is 2. The van der Waals surface area contributed by atoms with Gasteiger partial charge in [0.25, 0.3) is 0 Å². The number of hydrogen-bond donors (Lipinski definition) is 1. The highest BCUT2D eigenvalue weighted by Crippen LogP contribution is 2.55. The van der Waals surface area contributed by atoms with Crippen LogP contribution in [0.3, 0.4) is 0 Å². The Morgan fingerprint density at radius 2 is 2.05 bits per heavy atom. The van der Waals surface area contributed by atoms with E-state index in [1.807, 2.05) is 4.68 Å². The maximum Gasteiger partial charge on any atom is 0.0738 e. The maximum absolute atomic E-state index is 4.52. The van der Waals surface area contributed by atoms with Gasteiger partial charge in [0.15, 0.2) is 0 Å². The van der Waals surface area contributed by atoms with E-state index in [-0.39, 0.29) is 0 Å². The minimum atomic E-state index is 0.615. The second kappa shape index (κ2) is 5.21. The summed E-state index contributed by atoms with van der Waals surface area (Å²) in [4.78, 5) is 0. The van der Waals surface area contributed by atoms with Gasteiger partial charge in [0.1, 0.15) is 0 Å². The molecule has 1 aromatic heterocycles. The average Bonchev–Trinajstić information content (AvgIpc) is 2.91. The molecule has 0 aliphatic heterocycles. The second-order valence-corrected chi connectivity index (χ2v) is 7.12. The van der Waals surface area contributed by atoms with E-state index in [1.54, 1.807) is 0 Å². The Kier molecular flexibility index (Phi) is 3.73. The predicted octanol–water partition coefficient (Wildman–Crippen LogP) is 3.06. The lowest BCUT2D eigenvalue weighted by molar-refractivity contribution is 0.332. The summed E-state index contributed by atoms with van der Waals surface area (Å²) in [7, 11) is 2.06. The molecule has 2 aliphatic rings. The number of nitrogens with one attached hydrogen (secondary N) is 1. The third-order valence-corrected chi connectivity index (χ3v) is 6.02. The van der Waals surface area contributed by atoms with Crippen molar-refractivity contribution in [2.45, 2.75) is 45.6 Å². The molecule has 0 saturated heterocycles. The van der Waals surface area contributed by atoms with Gasteiger partial charge in [0, 0.05) is 19.5 Å². The van der Waals surface area contributed by atoms with Gasteiger partial charge in [0.05, 0.1) is 15.9 Å². The van der Waals surface area contributed by atoms with Crippen molar-refractivity contribution in [2.75, 3.05) is 6.54 Å². The first-order valence-electron chi connectivity index (χ1n) is 7.51. The molecule has 3 unspecified atom stereocenters. The van der Waals surface area contributed by atoms with E-state index < -0.39 is 0 Å². The Balaban J connectivity index is 1.73. The number of aryl methyl sites for hydroxylation is 2. The number of fused-ring (bicyclic) bond motifs is 1. The largest absolute Gasteiger partial charge is 0.314 e. The fraction of sp³-hybridized carbons (Fsp3) is 0.800. The highest BCUT2D eigenvalue weighted by Gasteiger charge is 2.47. The first-order valence-corrected chi connectivity index (χ1v) is 8.30. The molecule has 2 saturated carbocycles. The van der Waals surface area contributed by atoms with Gasteiger partial charge >= 0.3 is 0 Å². The van der Waals surface area contributed by atoms with Gasteiger partial charge in [0.2, 0.25) is 0 Å². The molecular formula is C15H24BrN3. The zero-order valence-corrected chi connectivity index (χ0v) is 13.7. The van der Waals surface area contributed by atoms with Gasteiger partial charge in [-0.3, -0.25) is 4.68 Å². The van der Waals surface area contributed by atoms with Crippen molar-refractivity contribution >= 4 is 15.9 Å². The molecule has 1 aromatic rings. The SMILES string of the molecule is CCNC(Cc1c(Br)c(C)nn1C)C1CC2CC2C1. The topological polar surface area (TPSA) is 29.9 Å². The molecule has 1 N–H and O–H groups in total. The van der Waals surface area contributed by atoms with Crippen molar-refractivity contribution in [1.82, 2.24) is 15.1 Å². The van der Waals surface area contributed by atoms with E-state index in [2.05, 4.69) is 47.2 Å². The Bertz CT molecular complexity index is 458. The van der Waals surface area contributed by atoms with Gasteiger partial charge < -0.3 is 5.32 Å². The van der Waals surface area contributed by atoms with Crippen molar-refractivity contribution in [3.05, 3.63) is 15.9 Å². The van der Waals surface area contributed by atoms with Crippen LogP contribution in [0.4, 0.5) is 0 Å². The number of hydrogen-bond acceptors (Lipinski definition) is 2. The van der Waals surface area contributed by atoms with Crippen LogP contribution in [0.2, 0.25) is 0 Å². The minimum Gasteiger partial charge on any atom is -0.314 e. The zero-order valence-electron chi connectivity index (χ0n) is 12.1. The van der Waals surface area contributed by atoms with Crippen LogP contribution < -0.4 is 5.32 Å². The van der Waals surface area contributed by atoms with Crippen molar-refractivity contribution in [1.29, 1.82) is 0 Å². The number of halogens is 1. The normalized spacial score (nSPS) is 30.4. The minimum absolute atomic E-state index is 0.615. The monoisotopic (exact) mass is 325 g/mol. The third kappa shape index (κ3) is 2.62. The number of nitrogens with zero attached hydrogens (tertiary/aromatic N) is 2. The van der Waals surface area contributed by atoms with Crippen LogP contribution in [0, 0.1) is 24.7 Å². The first-order chi connectivity index (χ1) is 9.10. The molecular weight excluding hydrogens is 302 g/mol. The third-order valence-electron chi connectivity index (χ3n) is 4.99. The Morgan fingerprint density at radius 1 is 1.37 bits per heavy atom. The van der Waals surface area contributed by atoms with E-state index >= 15 is 0 Å². The summed E-state index contributed by atoms with van der Waals surface area (Å²) in [5.74, 6) is 2.98. The van der Waals surface area contributed by atoms with Crippen molar-refractivity contribution in [2.24, 2.45) is 24.8 Å². The van der Waals surface area contributed by atoms with E-state index in [4.69, 9.17) is 0 Å². The average molecular weight is 326 g/mol. The lowest BCUT2D eigenvalue weighted by atomic mass is 9.91. The lowest BCUT2D eigenvalue weighted by Gasteiger charge is -2.26. The molecule has 4 heteroatoms. The van der Waals surface area contributed by atoms with Gasteiger partial charge in [-0.05, 0) is 66.4 Å². The molecule has 0 radical (unpaired) electrons. The molecule has 0 spiro atoms. The van der Waals surface area contributed by atoms with Gasteiger partial charge in [-0.15, -0.1) is 0 Å². The molecule has 3 rings (SSSR count). The van der Waals surface area contributed by atoms with Gasteiger partial charge in [-0.2, -0.15) is 5.10 Å². The fourth-order valence-electron chi connectivity index (χ4n) is 3.87. The molecule has 0 aromatic carbocycles. The van der Waals surface area contributed by atoms with Gasteiger partial charge in [-0.1, -0.05) is 6.92 Å². The van der Waals surface area contributed by atoms with E-state index in [9.17, 15) is 0 Å². The first kappa shape index (κ1) is 13.6. The second-order valence-electron chi connectivity index (χ2n) is 6.33. The smallest absolute Gasteiger partial charge is 0.0738 e. The molecule has 19 heavy (non-hydrogen) atoms. The predicted molar refractivity (Wildman–Crippen MR) is 81.1 cm³/mol. The van der Waals surface area contributed by atoms with Crippen LogP contribution in [0.1, 0.15) is 37.6 Å². The molecule has 1 heterocycles. The number of likely N-dealkylation sites (N-methyl/N-ethyl adjacent to an activating group) is 1.